The molecule has 1 heterocycles. The Morgan fingerprint density at radius 2 is 1.65 bits per heavy atom. The molecule has 1 unspecified atom stereocenters. The molecule has 1 aliphatic rings. The molecule has 0 aromatic carbocycles. The molecule has 0 aromatic rings. The van der Waals surface area contributed by atoms with Crippen LogP contribution in [0, 0.1) is 0 Å². The minimum absolute atomic E-state index is 0.335. The lowest BCUT2D eigenvalue weighted by Gasteiger charge is -2.23. The van der Waals surface area contributed by atoms with Crippen LogP contribution in [0.15, 0.2) is 0 Å². The topological polar surface area (TPSA) is 32.3 Å². The molecule has 118 valence electrons. The molecule has 0 spiro atoms. The lowest BCUT2D eigenvalue weighted by Crippen LogP contribution is -2.38. The van der Waals surface area contributed by atoms with Gasteiger partial charge in [-0.05, 0) is 19.4 Å². The maximum absolute atomic E-state index is 12.0. The van der Waals surface area contributed by atoms with Crippen LogP contribution >= 0.6 is 0 Å². The molecular weight excluding hydrogens is 248 g/mol. The Hall–Kier alpha value is -0.570. The van der Waals surface area contributed by atoms with E-state index in [9.17, 15) is 4.79 Å². The highest BCUT2D eigenvalue weighted by Gasteiger charge is 2.22. The van der Waals surface area contributed by atoms with E-state index in [4.69, 9.17) is 0 Å². The van der Waals surface area contributed by atoms with Crippen LogP contribution in [0.2, 0.25) is 0 Å². The predicted octanol–water partition coefficient (Wildman–Crippen LogP) is 3.73. The minimum atomic E-state index is 0.335. The van der Waals surface area contributed by atoms with Gasteiger partial charge in [0, 0.05) is 26.1 Å². The summed E-state index contributed by atoms with van der Waals surface area (Å²) in [5.74, 6) is 0.335. The number of hydrogen-bond donors (Lipinski definition) is 1. The molecule has 0 radical (unpaired) electrons. The average Bonchev–Trinajstić information content (AvgIpc) is 2.98. The summed E-state index contributed by atoms with van der Waals surface area (Å²) in [6, 6.07) is 0.432. The Labute approximate surface area is 125 Å². The van der Waals surface area contributed by atoms with E-state index < -0.39 is 0 Å². The lowest BCUT2D eigenvalue weighted by molar-refractivity contribution is -0.131. The van der Waals surface area contributed by atoms with E-state index in [0.29, 0.717) is 11.9 Å². The number of unbranched alkanes of at least 4 members (excludes halogenated alkanes) is 8. The van der Waals surface area contributed by atoms with Crippen LogP contribution < -0.4 is 5.32 Å². The van der Waals surface area contributed by atoms with Crippen molar-refractivity contribution in [1.82, 2.24) is 10.2 Å². The van der Waals surface area contributed by atoms with Crippen LogP contribution in [0.4, 0.5) is 0 Å². The van der Waals surface area contributed by atoms with Crippen molar-refractivity contribution in [2.24, 2.45) is 0 Å². The normalized spacial score (nSPS) is 18.4. The van der Waals surface area contributed by atoms with Crippen molar-refractivity contribution in [3.05, 3.63) is 0 Å². The molecule has 3 nitrogen and oxygen atoms in total. The molecule has 3 heteroatoms. The summed E-state index contributed by atoms with van der Waals surface area (Å²) >= 11 is 0. The van der Waals surface area contributed by atoms with Crippen molar-refractivity contribution in [2.75, 3.05) is 20.1 Å². The van der Waals surface area contributed by atoms with E-state index in [1.165, 1.54) is 51.4 Å². The highest BCUT2D eigenvalue weighted by Crippen LogP contribution is 2.13. The highest BCUT2D eigenvalue weighted by molar-refractivity contribution is 5.76. The summed E-state index contributed by atoms with van der Waals surface area (Å²) in [6.07, 6.45) is 13.7. The third-order valence-corrected chi connectivity index (χ3v) is 4.47. The maximum Gasteiger partial charge on any atom is 0.222 e. The van der Waals surface area contributed by atoms with E-state index >= 15 is 0 Å². The van der Waals surface area contributed by atoms with E-state index in [-0.39, 0.29) is 0 Å². The number of amides is 1. The van der Waals surface area contributed by atoms with E-state index in [0.717, 1.165) is 32.4 Å². The van der Waals surface area contributed by atoms with Crippen LogP contribution in [0.1, 0.15) is 77.6 Å². The number of nitrogens with zero attached hydrogens (tertiary/aromatic N) is 1. The lowest BCUT2D eigenvalue weighted by atomic mass is 10.1. The van der Waals surface area contributed by atoms with Crippen LogP contribution in [0.3, 0.4) is 0 Å². The SMILES string of the molecule is CCCCCCCCCCCC(=O)N(C)C1CCNC1. The van der Waals surface area contributed by atoms with Gasteiger partial charge in [0.25, 0.3) is 0 Å². The Balaban J connectivity index is 1.91. The number of hydrogen-bond acceptors (Lipinski definition) is 2. The van der Waals surface area contributed by atoms with Gasteiger partial charge in [0.2, 0.25) is 5.91 Å². The Kier molecular flexibility index (Phi) is 9.73. The fourth-order valence-corrected chi connectivity index (χ4v) is 2.94. The van der Waals surface area contributed by atoms with Crippen LogP contribution in [-0.2, 0) is 4.79 Å². The smallest absolute Gasteiger partial charge is 0.222 e. The average molecular weight is 282 g/mol. The van der Waals surface area contributed by atoms with Gasteiger partial charge in [-0.3, -0.25) is 4.79 Å². The molecule has 0 aliphatic carbocycles. The summed E-state index contributed by atoms with van der Waals surface area (Å²) in [6.45, 7) is 4.29. The molecule has 1 rings (SSSR count). The molecule has 1 N–H and O–H groups in total. The van der Waals surface area contributed by atoms with Gasteiger partial charge in [0.05, 0.1) is 0 Å². The summed E-state index contributed by atoms with van der Waals surface area (Å²) in [7, 11) is 1.97. The van der Waals surface area contributed by atoms with Gasteiger partial charge < -0.3 is 10.2 Å². The zero-order valence-electron chi connectivity index (χ0n) is 13.6. The van der Waals surface area contributed by atoms with Crippen molar-refractivity contribution < 1.29 is 4.79 Å². The minimum Gasteiger partial charge on any atom is -0.341 e. The highest BCUT2D eigenvalue weighted by atomic mass is 16.2. The third kappa shape index (κ3) is 7.28. The second-order valence-corrected chi connectivity index (χ2v) is 6.23. The van der Waals surface area contributed by atoms with Gasteiger partial charge in [-0.1, -0.05) is 58.3 Å². The number of carbonyl (C=O) groups is 1. The van der Waals surface area contributed by atoms with Crippen molar-refractivity contribution in [2.45, 2.75) is 83.6 Å². The fourth-order valence-electron chi connectivity index (χ4n) is 2.94. The van der Waals surface area contributed by atoms with Gasteiger partial charge >= 0.3 is 0 Å². The Morgan fingerprint density at radius 3 is 2.20 bits per heavy atom. The van der Waals surface area contributed by atoms with Crippen molar-refractivity contribution in [1.29, 1.82) is 0 Å². The van der Waals surface area contributed by atoms with Gasteiger partial charge in [0.15, 0.2) is 0 Å². The van der Waals surface area contributed by atoms with Crippen LogP contribution in [0.25, 0.3) is 0 Å². The molecule has 1 saturated heterocycles. The number of carbonyl (C=O) groups excluding carboxylic acids is 1. The number of nitrogens with one attached hydrogen (secondary N) is 1. The molecule has 0 saturated carbocycles. The second-order valence-electron chi connectivity index (χ2n) is 6.23. The van der Waals surface area contributed by atoms with Crippen LogP contribution in [0.5, 0.6) is 0 Å². The molecule has 1 amide bonds. The Morgan fingerprint density at radius 1 is 1.05 bits per heavy atom. The van der Waals surface area contributed by atoms with Gasteiger partial charge in [0.1, 0.15) is 0 Å². The first-order chi connectivity index (χ1) is 9.75. The molecule has 0 bridgehead atoms. The molecule has 20 heavy (non-hydrogen) atoms. The van der Waals surface area contributed by atoms with E-state index in [2.05, 4.69) is 12.2 Å². The first kappa shape index (κ1) is 17.5. The molecule has 1 fully saturated rings. The molecule has 1 aliphatic heterocycles. The van der Waals surface area contributed by atoms with E-state index in [1.54, 1.807) is 0 Å². The molecule has 1 atom stereocenters. The zero-order valence-corrected chi connectivity index (χ0v) is 13.6. The molecular formula is C17H34N2O. The fraction of sp³-hybridized carbons (Fsp3) is 0.941. The Bertz CT molecular complexity index is 249. The van der Waals surface area contributed by atoms with E-state index in [1.807, 2.05) is 11.9 Å². The van der Waals surface area contributed by atoms with Gasteiger partial charge in [-0.15, -0.1) is 0 Å². The summed E-state index contributed by atoms with van der Waals surface area (Å²) in [4.78, 5) is 14.0. The molecule has 0 aromatic heterocycles. The predicted molar refractivity (Wildman–Crippen MR) is 85.9 cm³/mol. The first-order valence-electron chi connectivity index (χ1n) is 8.72. The third-order valence-electron chi connectivity index (χ3n) is 4.47. The van der Waals surface area contributed by atoms with Crippen molar-refractivity contribution >= 4 is 5.91 Å². The van der Waals surface area contributed by atoms with Crippen molar-refractivity contribution in [3.63, 3.8) is 0 Å². The first-order valence-corrected chi connectivity index (χ1v) is 8.72. The summed E-state index contributed by atoms with van der Waals surface area (Å²) < 4.78 is 0. The monoisotopic (exact) mass is 282 g/mol. The van der Waals surface area contributed by atoms with Crippen LogP contribution in [-0.4, -0.2) is 37.0 Å². The number of rotatable bonds is 11. The zero-order chi connectivity index (χ0) is 14.6. The summed E-state index contributed by atoms with van der Waals surface area (Å²) in [5.41, 5.74) is 0. The standard InChI is InChI=1S/C17H34N2O/c1-3-4-5-6-7-8-9-10-11-12-17(20)19(2)16-13-14-18-15-16/h16,18H,3-15H2,1-2H3. The quantitative estimate of drug-likeness (QED) is 0.586. The largest absolute Gasteiger partial charge is 0.341 e. The van der Waals surface area contributed by atoms with Gasteiger partial charge in [-0.2, -0.15) is 0 Å². The maximum atomic E-state index is 12.0. The summed E-state index contributed by atoms with van der Waals surface area (Å²) in [5, 5.41) is 3.32. The van der Waals surface area contributed by atoms with Gasteiger partial charge in [-0.25, -0.2) is 0 Å². The van der Waals surface area contributed by atoms with Crippen molar-refractivity contribution in [3.8, 4) is 0 Å². The number of likely N-dealkylation sites (N-methyl/N-ethyl adjacent to an activating group) is 1. The second kappa shape index (κ2) is 11.1.